The van der Waals surface area contributed by atoms with Crippen LogP contribution >= 0.6 is 23.4 Å². The van der Waals surface area contributed by atoms with Crippen LogP contribution in [0.5, 0.6) is 0 Å². The highest BCUT2D eigenvalue weighted by Crippen LogP contribution is 2.44. The van der Waals surface area contributed by atoms with Crippen molar-refractivity contribution in [2.75, 3.05) is 12.4 Å². The van der Waals surface area contributed by atoms with E-state index in [1.165, 1.54) is 0 Å². The van der Waals surface area contributed by atoms with E-state index in [1.807, 2.05) is 38.1 Å². The minimum absolute atomic E-state index is 0.0270. The molecule has 0 bridgehead atoms. The Kier molecular flexibility index (Phi) is 6.78. The van der Waals surface area contributed by atoms with Crippen LogP contribution in [-0.4, -0.2) is 35.2 Å². The van der Waals surface area contributed by atoms with Crippen molar-refractivity contribution in [1.29, 1.82) is 0 Å². The molecule has 1 aliphatic heterocycles. The fourth-order valence-electron chi connectivity index (χ4n) is 2.55. The van der Waals surface area contributed by atoms with Crippen molar-refractivity contribution in [2.24, 2.45) is 0 Å². The van der Waals surface area contributed by atoms with E-state index in [0.29, 0.717) is 23.8 Å². The summed E-state index contributed by atoms with van der Waals surface area (Å²) in [5, 5.41) is 0.379. The zero-order chi connectivity index (χ0) is 16.8. The third-order valence-electron chi connectivity index (χ3n) is 3.64. The van der Waals surface area contributed by atoms with Crippen LogP contribution in [0.25, 0.3) is 0 Å². The van der Waals surface area contributed by atoms with Gasteiger partial charge in [-0.15, -0.1) is 11.8 Å². The zero-order valence-electron chi connectivity index (χ0n) is 13.5. The number of amides is 1. The van der Waals surface area contributed by atoms with Crippen LogP contribution in [0.4, 0.5) is 0 Å². The van der Waals surface area contributed by atoms with Crippen molar-refractivity contribution in [2.45, 2.75) is 44.5 Å². The van der Waals surface area contributed by atoms with Gasteiger partial charge in [-0.25, -0.2) is 4.79 Å². The van der Waals surface area contributed by atoms with Crippen LogP contribution in [0.3, 0.4) is 0 Å². The Balaban J connectivity index is 2.27. The number of carbonyl (C=O) groups is 2. The number of ether oxygens (including phenoxy) is 1. The molecule has 0 spiro atoms. The molecule has 1 aromatic carbocycles. The van der Waals surface area contributed by atoms with Gasteiger partial charge >= 0.3 is 5.97 Å². The van der Waals surface area contributed by atoms with Gasteiger partial charge in [-0.3, -0.25) is 4.79 Å². The predicted octanol–water partition coefficient (Wildman–Crippen LogP) is 4.04. The van der Waals surface area contributed by atoms with E-state index in [2.05, 4.69) is 0 Å². The van der Waals surface area contributed by atoms with Crippen molar-refractivity contribution in [1.82, 2.24) is 4.90 Å². The number of carbonyl (C=O) groups excluding carboxylic acids is 2. The fourth-order valence-corrected chi connectivity index (χ4v) is 4.32. The SMILES string of the molecule is CCCOC(=O)[C@@H]1CS[C@H](c2ccccc2Cl)N1C(=O)CCC. The van der Waals surface area contributed by atoms with E-state index in [-0.39, 0.29) is 17.3 Å². The average molecular weight is 356 g/mol. The lowest BCUT2D eigenvalue weighted by Gasteiger charge is -2.29. The first kappa shape index (κ1) is 18.1. The minimum atomic E-state index is -0.535. The molecule has 0 aliphatic carbocycles. The lowest BCUT2D eigenvalue weighted by atomic mass is 10.1. The standard InChI is InChI=1S/C17H22ClNO3S/c1-3-7-15(20)19-14(17(21)22-10-4-2)11-23-16(19)12-8-5-6-9-13(12)18/h5-6,8-9,14,16H,3-4,7,10-11H2,1-2H3/t14-,16+/m0/s1. The maximum Gasteiger partial charge on any atom is 0.329 e. The number of halogens is 1. The summed E-state index contributed by atoms with van der Waals surface area (Å²) in [5.74, 6) is 0.188. The van der Waals surface area contributed by atoms with E-state index in [0.717, 1.165) is 18.4 Å². The van der Waals surface area contributed by atoms with Crippen LogP contribution in [0, 0.1) is 0 Å². The van der Waals surface area contributed by atoms with Crippen molar-refractivity contribution in [3.63, 3.8) is 0 Å². The number of thioether (sulfide) groups is 1. The molecule has 1 amide bonds. The first-order chi connectivity index (χ1) is 11.1. The van der Waals surface area contributed by atoms with Crippen molar-refractivity contribution in [3.05, 3.63) is 34.9 Å². The van der Waals surface area contributed by atoms with E-state index in [1.54, 1.807) is 16.7 Å². The van der Waals surface area contributed by atoms with Gasteiger partial charge in [0.15, 0.2) is 0 Å². The van der Waals surface area contributed by atoms with E-state index < -0.39 is 6.04 Å². The Bertz CT molecular complexity index is 567. The molecule has 1 heterocycles. The highest BCUT2D eigenvalue weighted by atomic mass is 35.5. The minimum Gasteiger partial charge on any atom is -0.464 e. The summed E-state index contributed by atoms with van der Waals surface area (Å²) in [4.78, 5) is 26.6. The van der Waals surface area contributed by atoms with Gasteiger partial charge in [0.2, 0.25) is 5.91 Å². The van der Waals surface area contributed by atoms with Gasteiger partial charge in [-0.1, -0.05) is 43.6 Å². The molecule has 1 fully saturated rings. The predicted molar refractivity (Wildman–Crippen MR) is 93.4 cm³/mol. The molecular formula is C17H22ClNO3S. The maximum absolute atomic E-state index is 12.6. The summed E-state index contributed by atoms with van der Waals surface area (Å²) >= 11 is 7.86. The second-order valence-electron chi connectivity index (χ2n) is 5.44. The smallest absolute Gasteiger partial charge is 0.329 e. The molecule has 0 radical (unpaired) electrons. The van der Waals surface area contributed by atoms with Gasteiger partial charge in [0.1, 0.15) is 11.4 Å². The highest BCUT2D eigenvalue weighted by Gasteiger charge is 2.43. The number of hydrogen-bond donors (Lipinski definition) is 0. The molecule has 6 heteroatoms. The second kappa shape index (κ2) is 8.60. The Hall–Kier alpha value is -1.20. The molecule has 1 aromatic rings. The molecule has 0 saturated carbocycles. The van der Waals surface area contributed by atoms with Crippen molar-refractivity contribution < 1.29 is 14.3 Å². The molecular weight excluding hydrogens is 334 g/mol. The van der Waals surface area contributed by atoms with Crippen LogP contribution < -0.4 is 0 Å². The first-order valence-electron chi connectivity index (χ1n) is 7.94. The largest absolute Gasteiger partial charge is 0.464 e. The molecule has 0 N–H and O–H groups in total. The van der Waals surface area contributed by atoms with Crippen LogP contribution in [0.2, 0.25) is 5.02 Å². The molecule has 1 saturated heterocycles. The van der Waals surface area contributed by atoms with Gasteiger partial charge in [-0.05, 0) is 18.9 Å². The number of esters is 1. The summed E-state index contributed by atoms with van der Waals surface area (Å²) in [5.41, 5.74) is 0.870. The summed E-state index contributed by atoms with van der Waals surface area (Å²) in [6, 6.07) is 6.94. The number of hydrogen-bond acceptors (Lipinski definition) is 4. The first-order valence-corrected chi connectivity index (χ1v) is 9.36. The van der Waals surface area contributed by atoms with Crippen molar-refractivity contribution in [3.8, 4) is 0 Å². The maximum atomic E-state index is 12.6. The third kappa shape index (κ3) is 4.21. The molecule has 126 valence electrons. The number of nitrogens with zero attached hydrogens (tertiary/aromatic N) is 1. The normalized spacial score (nSPS) is 20.6. The van der Waals surface area contributed by atoms with Gasteiger partial charge in [-0.2, -0.15) is 0 Å². The van der Waals surface area contributed by atoms with E-state index in [9.17, 15) is 9.59 Å². The summed E-state index contributed by atoms with van der Waals surface area (Å²) < 4.78 is 5.27. The zero-order valence-corrected chi connectivity index (χ0v) is 15.0. The monoisotopic (exact) mass is 355 g/mol. The Morgan fingerprint density at radius 3 is 2.70 bits per heavy atom. The van der Waals surface area contributed by atoms with Gasteiger partial charge in [0.05, 0.1) is 6.61 Å². The summed E-state index contributed by atoms with van der Waals surface area (Å²) in [7, 11) is 0. The molecule has 4 nitrogen and oxygen atoms in total. The third-order valence-corrected chi connectivity index (χ3v) is 5.29. The number of rotatable bonds is 6. The van der Waals surface area contributed by atoms with E-state index in [4.69, 9.17) is 16.3 Å². The Labute approximate surface area is 146 Å². The van der Waals surface area contributed by atoms with Crippen molar-refractivity contribution >= 4 is 35.2 Å². The number of benzene rings is 1. The lowest BCUT2D eigenvalue weighted by Crippen LogP contribution is -2.43. The summed E-state index contributed by atoms with van der Waals surface area (Å²) in [6.45, 7) is 4.28. The molecule has 23 heavy (non-hydrogen) atoms. The van der Waals surface area contributed by atoms with Crippen LogP contribution in [0.1, 0.15) is 44.0 Å². The van der Waals surface area contributed by atoms with Gasteiger partial charge < -0.3 is 9.64 Å². The average Bonchev–Trinajstić information content (AvgIpc) is 2.98. The molecule has 0 unspecified atom stereocenters. The van der Waals surface area contributed by atoms with Gasteiger partial charge in [0, 0.05) is 22.8 Å². The second-order valence-corrected chi connectivity index (χ2v) is 6.96. The van der Waals surface area contributed by atoms with Crippen LogP contribution in [0.15, 0.2) is 24.3 Å². The Morgan fingerprint density at radius 2 is 2.04 bits per heavy atom. The molecule has 1 aliphatic rings. The summed E-state index contributed by atoms with van der Waals surface area (Å²) in [6.07, 6.45) is 1.92. The van der Waals surface area contributed by atoms with Gasteiger partial charge in [0.25, 0.3) is 0 Å². The molecule has 0 aromatic heterocycles. The van der Waals surface area contributed by atoms with E-state index >= 15 is 0 Å². The molecule has 2 atom stereocenters. The topological polar surface area (TPSA) is 46.6 Å². The fraction of sp³-hybridized carbons (Fsp3) is 0.529. The lowest BCUT2D eigenvalue weighted by molar-refractivity contribution is -0.154. The Morgan fingerprint density at radius 1 is 1.30 bits per heavy atom. The molecule has 2 rings (SSSR count). The quantitative estimate of drug-likeness (QED) is 0.722. The van der Waals surface area contributed by atoms with Crippen LogP contribution in [-0.2, 0) is 14.3 Å². The highest BCUT2D eigenvalue weighted by molar-refractivity contribution is 7.99.